The molecule has 2 atom stereocenters. The summed E-state index contributed by atoms with van der Waals surface area (Å²) in [6.45, 7) is 1.24. The molecule has 0 aromatic rings. The molecule has 0 radical (unpaired) electrons. The smallest absolute Gasteiger partial charge is 0.325 e. The molecule has 1 fully saturated rings. The molecule has 6 heteroatoms. The normalized spacial score (nSPS) is 26.7. The summed E-state index contributed by atoms with van der Waals surface area (Å²) in [5.74, 6) is -0.930. The van der Waals surface area contributed by atoms with Crippen molar-refractivity contribution in [3.05, 3.63) is 0 Å². The van der Waals surface area contributed by atoms with Crippen molar-refractivity contribution in [2.45, 2.75) is 12.1 Å². The molecule has 0 bridgehead atoms. The van der Waals surface area contributed by atoms with Crippen molar-refractivity contribution in [2.24, 2.45) is 0 Å². The Bertz CT molecular complexity index is 207. The quantitative estimate of drug-likeness (QED) is 0.518. The van der Waals surface area contributed by atoms with Crippen molar-refractivity contribution < 1.29 is 19.1 Å². The Morgan fingerprint density at radius 2 is 1.36 bits per heavy atom. The Morgan fingerprint density at radius 3 is 1.64 bits per heavy atom. The number of rotatable bonds is 2. The fraction of sp³-hybridized carbons (Fsp3) is 0.750. The maximum atomic E-state index is 11.3. The summed E-state index contributed by atoms with van der Waals surface area (Å²) < 4.78 is 9.13. The fourth-order valence-electron chi connectivity index (χ4n) is 1.38. The first-order valence-corrected chi connectivity index (χ1v) is 4.33. The molecule has 1 saturated heterocycles. The zero-order valence-electron chi connectivity index (χ0n) is 8.20. The number of esters is 2. The summed E-state index contributed by atoms with van der Waals surface area (Å²) >= 11 is 0. The third-order valence-corrected chi connectivity index (χ3v) is 2.10. The predicted octanol–water partition coefficient (Wildman–Crippen LogP) is -1.74. The van der Waals surface area contributed by atoms with Crippen LogP contribution in [0.4, 0.5) is 0 Å². The maximum Gasteiger partial charge on any atom is 0.325 e. The van der Waals surface area contributed by atoms with Crippen LogP contribution in [0, 0.1) is 0 Å². The van der Waals surface area contributed by atoms with E-state index in [4.69, 9.17) is 0 Å². The first-order chi connectivity index (χ1) is 6.70. The zero-order valence-corrected chi connectivity index (χ0v) is 8.20. The van der Waals surface area contributed by atoms with Gasteiger partial charge in [0.1, 0.15) is 12.1 Å². The molecule has 1 aliphatic heterocycles. The zero-order chi connectivity index (χ0) is 10.6. The van der Waals surface area contributed by atoms with Gasteiger partial charge in [-0.1, -0.05) is 0 Å². The molecule has 0 aliphatic carbocycles. The molecule has 6 nitrogen and oxygen atoms in total. The number of hydrogen-bond acceptors (Lipinski definition) is 6. The van der Waals surface area contributed by atoms with Crippen LogP contribution in [0.1, 0.15) is 0 Å². The maximum absolute atomic E-state index is 11.3. The van der Waals surface area contributed by atoms with E-state index in [1.807, 2.05) is 0 Å². The summed E-state index contributed by atoms with van der Waals surface area (Å²) in [4.78, 5) is 22.5. The molecule has 0 unspecified atom stereocenters. The van der Waals surface area contributed by atoms with Crippen LogP contribution in [0.5, 0.6) is 0 Å². The lowest BCUT2D eigenvalue weighted by Crippen LogP contribution is -2.62. The molecule has 1 rings (SSSR count). The number of ether oxygens (including phenoxy) is 2. The summed E-state index contributed by atoms with van der Waals surface area (Å²) in [6.07, 6.45) is 0. The number of hydrogen-bond donors (Lipinski definition) is 2. The van der Waals surface area contributed by atoms with Gasteiger partial charge in [-0.05, 0) is 0 Å². The van der Waals surface area contributed by atoms with E-state index >= 15 is 0 Å². The van der Waals surface area contributed by atoms with E-state index in [0.29, 0.717) is 13.1 Å². The minimum Gasteiger partial charge on any atom is -0.468 e. The molecular formula is C8H14N2O4. The number of carbonyl (C=O) groups is 2. The third kappa shape index (κ3) is 2.21. The minimum atomic E-state index is -0.666. The lowest BCUT2D eigenvalue weighted by Gasteiger charge is -2.29. The monoisotopic (exact) mass is 202 g/mol. The van der Waals surface area contributed by atoms with Gasteiger partial charge in [-0.15, -0.1) is 0 Å². The van der Waals surface area contributed by atoms with Crippen molar-refractivity contribution in [1.29, 1.82) is 0 Å². The average molecular weight is 202 g/mol. The van der Waals surface area contributed by atoms with Crippen LogP contribution in [-0.4, -0.2) is 51.3 Å². The Morgan fingerprint density at radius 1 is 1.00 bits per heavy atom. The minimum absolute atomic E-state index is 0.465. The predicted molar refractivity (Wildman–Crippen MR) is 47.6 cm³/mol. The highest BCUT2D eigenvalue weighted by Crippen LogP contribution is 2.02. The molecule has 1 aliphatic rings. The van der Waals surface area contributed by atoms with Crippen LogP contribution in [0.25, 0.3) is 0 Å². The molecule has 2 N–H and O–H groups in total. The van der Waals surface area contributed by atoms with Gasteiger partial charge >= 0.3 is 11.9 Å². The first-order valence-electron chi connectivity index (χ1n) is 4.33. The van der Waals surface area contributed by atoms with Gasteiger partial charge in [0.05, 0.1) is 14.2 Å². The lowest BCUT2D eigenvalue weighted by atomic mass is 10.1. The highest BCUT2D eigenvalue weighted by atomic mass is 16.5. The summed E-state index contributed by atoms with van der Waals surface area (Å²) in [7, 11) is 2.57. The molecule has 0 aromatic carbocycles. The van der Waals surface area contributed by atoms with Crippen molar-refractivity contribution >= 4 is 11.9 Å². The van der Waals surface area contributed by atoms with Crippen LogP contribution < -0.4 is 10.6 Å². The molecule has 0 aromatic heterocycles. The van der Waals surface area contributed by atoms with Crippen LogP contribution in [0.3, 0.4) is 0 Å². The second-order valence-corrected chi connectivity index (χ2v) is 2.91. The Balaban J connectivity index is 2.68. The van der Waals surface area contributed by atoms with Crippen molar-refractivity contribution in [3.8, 4) is 0 Å². The summed E-state index contributed by atoms with van der Waals surface area (Å²) in [5.41, 5.74) is 0. The van der Waals surface area contributed by atoms with Crippen LogP contribution in [0.2, 0.25) is 0 Å². The summed E-state index contributed by atoms with van der Waals surface area (Å²) in [5, 5.41) is 5.79. The summed E-state index contributed by atoms with van der Waals surface area (Å²) in [6, 6.07) is -1.33. The largest absolute Gasteiger partial charge is 0.468 e. The van der Waals surface area contributed by atoms with Gasteiger partial charge in [-0.2, -0.15) is 0 Å². The molecule has 1 heterocycles. The first kappa shape index (κ1) is 10.9. The van der Waals surface area contributed by atoms with E-state index in [0.717, 1.165) is 0 Å². The van der Waals surface area contributed by atoms with Gasteiger partial charge in [-0.25, -0.2) is 0 Å². The van der Waals surface area contributed by atoms with Gasteiger partial charge in [0.15, 0.2) is 0 Å². The number of methoxy groups -OCH3 is 2. The Kier molecular flexibility index (Phi) is 3.84. The van der Waals surface area contributed by atoms with E-state index in [9.17, 15) is 9.59 Å². The van der Waals surface area contributed by atoms with E-state index in [-0.39, 0.29) is 0 Å². The fourth-order valence-corrected chi connectivity index (χ4v) is 1.38. The van der Waals surface area contributed by atoms with Crippen LogP contribution in [-0.2, 0) is 19.1 Å². The standard InChI is InChI=1S/C8H14N2O4/c1-13-7(11)5-6(8(12)14-2)10-4-3-9-5/h5-6,9-10H,3-4H2,1-2H3/t5-,6-/m0/s1. The number of carbonyl (C=O) groups excluding carboxylic acids is 2. The van der Waals surface area contributed by atoms with E-state index in [1.165, 1.54) is 14.2 Å². The second kappa shape index (κ2) is 4.92. The van der Waals surface area contributed by atoms with Crippen molar-refractivity contribution in [1.82, 2.24) is 10.6 Å². The molecule has 80 valence electrons. The average Bonchev–Trinajstić information content (AvgIpc) is 2.27. The van der Waals surface area contributed by atoms with E-state index in [2.05, 4.69) is 20.1 Å². The van der Waals surface area contributed by atoms with Gasteiger partial charge in [0.2, 0.25) is 0 Å². The number of nitrogens with one attached hydrogen (secondary N) is 2. The Labute approximate surface area is 81.9 Å². The number of piperazine rings is 1. The highest BCUT2D eigenvalue weighted by Gasteiger charge is 2.36. The molecule has 0 amide bonds. The van der Waals surface area contributed by atoms with Gasteiger partial charge < -0.3 is 20.1 Å². The van der Waals surface area contributed by atoms with Gasteiger partial charge in [0, 0.05) is 13.1 Å². The molecule has 0 saturated carbocycles. The van der Waals surface area contributed by atoms with Gasteiger partial charge in [-0.3, -0.25) is 9.59 Å². The molecular weight excluding hydrogens is 188 g/mol. The molecule has 14 heavy (non-hydrogen) atoms. The topological polar surface area (TPSA) is 76.7 Å². The Hall–Kier alpha value is -1.14. The van der Waals surface area contributed by atoms with Gasteiger partial charge in [0.25, 0.3) is 0 Å². The van der Waals surface area contributed by atoms with E-state index < -0.39 is 24.0 Å². The third-order valence-electron chi connectivity index (χ3n) is 2.10. The van der Waals surface area contributed by atoms with E-state index in [1.54, 1.807) is 0 Å². The second-order valence-electron chi connectivity index (χ2n) is 2.91. The van der Waals surface area contributed by atoms with Crippen molar-refractivity contribution in [3.63, 3.8) is 0 Å². The SMILES string of the molecule is COC(=O)[C@H]1NCCN[C@@H]1C(=O)OC. The molecule has 0 spiro atoms. The van der Waals surface area contributed by atoms with Crippen LogP contribution in [0.15, 0.2) is 0 Å². The highest BCUT2D eigenvalue weighted by molar-refractivity contribution is 5.87. The lowest BCUT2D eigenvalue weighted by molar-refractivity contribution is -0.153. The van der Waals surface area contributed by atoms with Crippen molar-refractivity contribution in [2.75, 3.05) is 27.3 Å². The van der Waals surface area contributed by atoms with Crippen LogP contribution >= 0.6 is 0 Å².